The first-order chi connectivity index (χ1) is 10.1. The minimum absolute atomic E-state index is 0. The van der Waals surface area contributed by atoms with Crippen molar-refractivity contribution in [1.29, 1.82) is 0 Å². The Hall–Kier alpha value is -1.55. The van der Waals surface area contributed by atoms with Crippen LogP contribution in [0, 0.1) is 0 Å². The molecule has 0 spiro atoms. The van der Waals surface area contributed by atoms with Crippen LogP contribution in [0.2, 0.25) is 5.02 Å². The van der Waals surface area contributed by atoms with Crippen molar-refractivity contribution in [3.8, 4) is 0 Å². The highest BCUT2D eigenvalue weighted by Crippen LogP contribution is 2.27. The number of hydrogen-bond donors (Lipinski definition) is 1. The lowest BCUT2D eigenvalue weighted by atomic mass is 9.93. The molecule has 0 saturated carbocycles. The summed E-state index contributed by atoms with van der Waals surface area (Å²) in [5.41, 5.74) is 3.32. The van der Waals surface area contributed by atoms with Crippen molar-refractivity contribution in [2.45, 2.75) is 25.6 Å². The number of carboxylic acid groups (broad SMARTS) is 1. The quantitative estimate of drug-likeness (QED) is 0.926. The standard InChI is InChI=1S/C17H16ClNO2.ClH/c18-15-7-6-13-9-16(17(20)21)19(11-14(13)8-15)10-12-4-2-1-3-5-12;/h1-8,16H,9-11H2,(H,20,21);1H. The maximum atomic E-state index is 11.6. The van der Waals surface area contributed by atoms with Crippen LogP contribution in [0.4, 0.5) is 0 Å². The third kappa shape index (κ3) is 3.61. The van der Waals surface area contributed by atoms with Gasteiger partial charge < -0.3 is 5.11 Å². The van der Waals surface area contributed by atoms with Gasteiger partial charge in [0, 0.05) is 18.1 Å². The molecule has 2 aromatic rings. The predicted molar refractivity (Wildman–Crippen MR) is 89.5 cm³/mol. The van der Waals surface area contributed by atoms with Gasteiger partial charge in [-0.05, 0) is 35.2 Å². The minimum atomic E-state index is -0.772. The van der Waals surface area contributed by atoms with E-state index in [-0.39, 0.29) is 12.4 Å². The van der Waals surface area contributed by atoms with Gasteiger partial charge in [-0.3, -0.25) is 9.69 Å². The number of aliphatic carboxylic acids is 1. The number of benzene rings is 2. The fourth-order valence-corrected chi connectivity index (χ4v) is 3.03. The Morgan fingerprint density at radius 3 is 2.59 bits per heavy atom. The molecule has 3 rings (SSSR count). The van der Waals surface area contributed by atoms with Crippen molar-refractivity contribution in [2.75, 3.05) is 0 Å². The molecular formula is C17H17Cl2NO2. The van der Waals surface area contributed by atoms with Crippen molar-refractivity contribution in [1.82, 2.24) is 4.90 Å². The molecule has 0 amide bonds. The summed E-state index contributed by atoms with van der Waals surface area (Å²) in [6.07, 6.45) is 0.522. The predicted octanol–water partition coefficient (Wildman–Crippen LogP) is 3.77. The van der Waals surface area contributed by atoms with Gasteiger partial charge in [-0.15, -0.1) is 12.4 Å². The lowest BCUT2D eigenvalue weighted by Crippen LogP contribution is -2.45. The molecule has 1 heterocycles. The SMILES string of the molecule is Cl.O=C(O)C1Cc2ccc(Cl)cc2CN1Cc1ccccc1. The number of carbonyl (C=O) groups is 1. The van der Waals surface area contributed by atoms with Crippen molar-refractivity contribution in [2.24, 2.45) is 0 Å². The maximum absolute atomic E-state index is 11.6. The van der Waals surface area contributed by atoms with Crippen LogP contribution in [0.3, 0.4) is 0 Å². The Balaban J connectivity index is 0.00000176. The van der Waals surface area contributed by atoms with Crippen LogP contribution in [-0.2, 0) is 24.3 Å². The molecule has 3 nitrogen and oxygen atoms in total. The van der Waals surface area contributed by atoms with Crippen molar-refractivity contribution in [3.63, 3.8) is 0 Å². The van der Waals surface area contributed by atoms with Gasteiger partial charge in [0.2, 0.25) is 0 Å². The van der Waals surface area contributed by atoms with Gasteiger partial charge in [0.15, 0.2) is 0 Å². The first-order valence-electron chi connectivity index (χ1n) is 6.91. The zero-order chi connectivity index (χ0) is 14.8. The van der Waals surface area contributed by atoms with Gasteiger partial charge >= 0.3 is 5.97 Å². The number of halogens is 2. The van der Waals surface area contributed by atoms with Crippen LogP contribution in [0.5, 0.6) is 0 Å². The lowest BCUT2D eigenvalue weighted by molar-refractivity contribution is -0.144. The van der Waals surface area contributed by atoms with Gasteiger partial charge in [-0.1, -0.05) is 48.0 Å². The summed E-state index contributed by atoms with van der Waals surface area (Å²) in [6, 6.07) is 15.2. The number of nitrogens with zero attached hydrogens (tertiary/aromatic N) is 1. The molecule has 0 fully saturated rings. The monoisotopic (exact) mass is 337 g/mol. The highest BCUT2D eigenvalue weighted by Gasteiger charge is 2.31. The molecule has 0 bridgehead atoms. The average Bonchev–Trinajstić information content (AvgIpc) is 2.47. The molecule has 5 heteroatoms. The Morgan fingerprint density at radius 2 is 1.91 bits per heavy atom. The average molecular weight is 338 g/mol. The summed E-state index contributed by atoms with van der Waals surface area (Å²) in [4.78, 5) is 13.6. The minimum Gasteiger partial charge on any atom is -0.480 e. The van der Waals surface area contributed by atoms with Gasteiger partial charge in [0.1, 0.15) is 6.04 Å². The molecule has 22 heavy (non-hydrogen) atoms. The van der Waals surface area contributed by atoms with E-state index in [4.69, 9.17) is 11.6 Å². The van der Waals surface area contributed by atoms with E-state index in [1.807, 2.05) is 53.4 Å². The summed E-state index contributed by atoms with van der Waals surface area (Å²) >= 11 is 6.05. The summed E-state index contributed by atoms with van der Waals surface area (Å²) in [7, 11) is 0. The first-order valence-corrected chi connectivity index (χ1v) is 7.29. The summed E-state index contributed by atoms with van der Waals surface area (Å²) in [6.45, 7) is 1.24. The van der Waals surface area contributed by atoms with E-state index in [0.29, 0.717) is 24.5 Å². The number of carboxylic acids is 1. The number of hydrogen-bond acceptors (Lipinski definition) is 2. The zero-order valence-electron chi connectivity index (χ0n) is 11.9. The van der Waals surface area contributed by atoms with Crippen LogP contribution in [-0.4, -0.2) is 22.0 Å². The normalized spacial score (nSPS) is 17.4. The second-order valence-corrected chi connectivity index (χ2v) is 5.80. The van der Waals surface area contributed by atoms with Crippen molar-refractivity contribution >= 4 is 30.0 Å². The van der Waals surface area contributed by atoms with E-state index in [1.54, 1.807) is 0 Å². The lowest BCUT2D eigenvalue weighted by Gasteiger charge is -2.34. The highest BCUT2D eigenvalue weighted by atomic mass is 35.5. The molecule has 0 radical (unpaired) electrons. The molecule has 0 aliphatic carbocycles. The molecule has 2 aromatic carbocycles. The molecule has 1 aliphatic heterocycles. The number of rotatable bonds is 3. The summed E-state index contributed by atoms with van der Waals surface area (Å²) < 4.78 is 0. The van der Waals surface area contributed by atoms with E-state index in [2.05, 4.69) is 0 Å². The summed E-state index contributed by atoms with van der Waals surface area (Å²) in [5, 5.41) is 10.2. The van der Waals surface area contributed by atoms with Crippen molar-refractivity contribution < 1.29 is 9.90 Å². The van der Waals surface area contributed by atoms with E-state index < -0.39 is 12.0 Å². The van der Waals surface area contributed by atoms with Crippen LogP contribution in [0.15, 0.2) is 48.5 Å². The van der Waals surface area contributed by atoms with Gasteiger partial charge in [0.05, 0.1) is 0 Å². The largest absolute Gasteiger partial charge is 0.480 e. The van der Waals surface area contributed by atoms with Crippen LogP contribution in [0.25, 0.3) is 0 Å². The molecule has 1 atom stereocenters. The third-order valence-electron chi connectivity index (χ3n) is 3.91. The van der Waals surface area contributed by atoms with Gasteiger partial charge in [-0.2, -0.15) is 0 Å². The van der Waals surface area contributed by atoms with E-state index in [9.17, 15) is 9.90 Å². The van der Waals surface area contributed by atoms with Crippen LogP contribution in [0.1, 0.15) is 16.7 Å². The zero-order valence-corrected chi connectivity index (χ0v) is 13.5. The van der Waals surface area contributed by atoms with Gasteiger partial charge in [0.25, 0.3) is 0 Å². The molecule has 116 valence electrons. The van der Waals surface area contributed by atoms with E-state index in [1.165, 1.54) is 0 Å². The van der Waals surface area contributed by atoms with E-state index >= 15 is 0 Å². The molecule has 1 aliphatic rings. The van der Waals surface area contributed by atoms with Crippen LogP contribution < -0.4 is 0 Å². The fourth-order valence-electron chi connectivity index (χ4n) is 2.83. The molecule has 0 saturated heterocycles. The Labute approximate surface area is 140 Å². The molecular weight excluding hydrogens is 321 g/mol. The number of fused-ring (bicyclic) bond motifs is 1. The second kappa shape index (κ2) is 7.14. The molecule has 0 aromatic heterocycles. The topological polar surface area (TPSA) is 40.5 Å². The fraction of sp³-hybridized carbons (Fsp3) is 0.235. The third-order valence-corrected chi connectivity index (χ3v) is 4.14. The van der Waals surface area contributed by atoms with Crippen molar-refractivity contribution in [3.05, 3.63) is 70.2 Å². The smallest absolute Gasteiger partial charge is 0.321 e. The Bertz CT molecular complexity index is 661. The van der Waals surface area contributed by atoms with E-state index in [0.717, 1.165) is 16.7 Å². The molecule has 1 N–H and O–H groups in total. The molecule has 1 unspecified atom stereocenters. The first kappa shape index (κ1) is 16.8. The second-order valence-electron chi connectivity index (χ2n) is 5.36. The highest BCUT2D eigenvalue weighted by molar-refractivity contribution is 6.30. The Morgan fingerprint density at radius 1 is 1.18 bits per heavy atom. The summed E-state index contributed by atoms with van der Waals surface area (Å²) in [5.74, 6) is -0.772. The van der Waals surface area contributed by atoms with Gasteiger partial charge in [-0.25, -0.2) is 0 Å². The van der Waals surface area contributed by atoms with Crippen LogP contribution >= 0.6 is 24.0 Å². The Kier molecular flexibility index (Phi) is 5.46. The maximum Gasteiger partial charge on any atom is 0.321 e.